The number of fused-ring (bicyclic) bond motifs is 12. The van der Waals surface area contributed by atoms with Gasteiger partial charge in [0.05, 0.1) is 0 Å². The second-order valence-corrected chi connectivity index (χ2v) is 34.4. The highest BCUT2D eigenvalue weighted by molar-refractivity contribution is 6.28. The third kappa shape index (κ3) is 16.3. The van der Waals surface area contributed by atoms with Crippen molar-refractivity contribution in [2.24, 2.45) is 0 Å². The number of hydrogen-bond donors (Lipinski definition) is 0. The molecule has 4 nitrogen and oxygen atoms in total. The van der Waals surface area contributed by atoms with E-state index in [4.69, 9.17) is 15.0 Å². The van der Waals surface area contributed by atoms with E-state index in [1.54, 1.807) is 0 Å². The number of nitrogens with zero attached hydrogens (tertiary/aromatic N) is 3. The predicted molar refractivity (Wildman–Crippen MR) is 563 cm³/mol. The molecule has 0 atom stereocenters. The molecule has 24 rings (SSSR count). The van der Waals surface area contributed by atoms with Crippen LogP contribution in [0.1, 0.15) is 15.9 Å². The highest BCUT2D eigenvalue weighted by Gasteiger charge is 2.22. The Kier molecular flexibility index (Phi) is 21.6. The summed E-state index contributed by atoms with van der Waals surface area (Å²) in [7, 11) is 0. The fourth-order valence-corrected chi connectivity index (χ4v) is 19.3. The van der Waals surface area contributed by atoms with Gasteiger partial charge in [-0.2, -0.15) is 0 Å². The monoisotopic (exact) mass is 1700 g/mol. The Morgan fingerprint density at radius 3 is 0.560 bits per heavy atom. The molecule has 0 saturated carbocycles. The smallest absolute Gasteiger partial charge is 0.193 e. The number of carbonyl (C=O) groups excluding carboxylic acids is 1. The van der Waals surface area contributed by atoms with Crippen molar-refractivity contribution in [1.29, 1.82) is 0 Å². The molecule has 626 valence electrons. The number of benzene rings is 23. The van der Waals surface area contributed by atoms with E-state index in [0.29, 0.717) is 28.6 Å². The normalized spacial score (nSPS) is 11.3. The molecule has 1 heterocycles. The highest BCUT2D eigenvalue weighted by atomic mass is 16.1. The lowest BCUT2D eigenvalue weighted by Gasteiger charge is -2.15. The molecule has 0 saturated heterocycles. The van der Waals surface area contributed by atoms with Crippen molar-refractivity contribution in [2.45, 2.75) is 0 Å². The van der Waals surface area contributed by atoms with Gasteiger partial charge in [-0.05, 0) is 307 Å². The standard InChI is InChI=1S/C69H45N3.C61H40O/c1-5-19-46(20-6-1)55-39-56(47-21-7-2-8-22-47)42-59(41-55)50-27-17-29-52(37-50)67-70-68(72-69(71-67)54-35-36-65-63-33-14-13-31-61(63)62-32-15-16-34-64(62)66(65)45-54)53-30-18-28-51(38-53)60-43-57(48-23-9-3-10-24-48)40-58(44-60)49-25-11-4-12-26-49;62-61(48-30-31-59-57-28-11-10-26-55(57)56-27-12-13-29-58(56)60(59)40-48)54-38-52(45-23-14-22-44(32-45)41-16-4-1-5-17-41)37-53(39-54)47-25-15-24-46(33-47)51-35-49(42-18-6-2-7-19-42)34-50(36-51)43-20-8-3-9-21-43/h1-45H;1-40H. The number of rotatable bonds is 17. The van der Waals surface area contributed by atoms with Crippen LogP contribution < -0.4 is 0 Å². The largest absolute Gasteiger partial charge is 0.289 e. The number of carbonyl (C=O) groups is 1. The van der Waals surface area contributed by atoms with Crippen LogP contribution >= 0.6 is 0 Å². The molecule has 0 amide bonds. The minimum atomic E-state index is -0.00864. The maximum atomic E-state index is 15.0. The average Bonchev–Trinajstić information content (AvgIpc) is 0.743. The summed E-state index contributed by atoms with van der Waals surface area (Å²) in [6.07, 6.45) is 0. The van der Waals surface area contributed by atoms with E-state index in [2.05, 4.69) is 504 Å². The molecule has 24 aromatic rings. The summed E-state index contributed by atoms with van der Waals surface area (Å²) in [5.41, 5.74) is 31.0. The average molecular weight is 1710 g/mol. The number of hydrogen-bond acceptors (Lipinski definition) is 4. The third-order valence-electron chi connectivity index (χ3n) is 26.0. The molecule has 1 aromatic heterocycles. The van der Waals surface area contributed by atoms with E-state index in [-0.39, 0.29) is 5.78 Å². The van der Waals surface area contributed by atoms with Crippen LogP contribution in [0.5, 0.6) is 0 Å². The van der Waals surface area contributed by atoms with Gasteiger partial charge < -0.3 is 0 Å². The molecule has 0 aliphatic carbocycles. The maximum Gasteiger partial charge on any atom is 0.193 e. The Balaban J connectivity index is 0.000000153. The van der Waals surface area contributed by atoms with Gasteiger partial charge in [0.15, 0.2) is 23.3 Å². The Morgan fingerprint density at radius 1 is 0.112 bits per heavy atom. The zero-order chi connectivity index (χ0) is 89.2. The molecule has 0 fully saturated rings. The zero-order valence-electron chi connectivity index (χ0n) is 73.3. The van der Waals surface area contributed by atoms with Gasteiger partial charge in [-0.25, -0.2) is 15.0 Å². The van der Waals surface area contributed by atoms with Crippen molar-refractivity contribution in [1.82, 2.24) is 15.0 Å². The highest BCUT2D eigenvalue weighted by Crippen LogP contribution is 2.45. The van der Waals surface area contributed by atoms with Crippen molar-refractivity contribution in [3.05, 3.63) is 527 Å². The fraction of sp³-hybridized carbons (Fsp3) is 0. The second kappa shape index (κ2) is 35.7. The molecule has 4 heteroatoms. The van der Waals surface area contributed by atoms with Crippen LogP contribution in [0.3, 0.4) is 0 Å². The Labute approximate surface area is 779 Å². The molecule has 0 bridgehead atoms. The number of aromatic nitrogens is 3. The van der Waals surface area contributed by atoms with Crippen LogP contribution in [0.4, 0.5) is 0 Å². The first-order valence-electron chi connectivity index (χ1n) is 45.7. The predicted octanol–water partition coefficient (Wildman–Crippen LogP) is 34.7. The summed E-state index contributed by atoms with van der Waals surface area (Å²) >= 11 is 0. The van der Waals surface area contributed by atoms with E-state index in [1.165, 1.54) is 76.5 Å². The summed E-state index contributed by atoms with van der Waals surface area (Å²) in [6.45, 7) is 0. The topological polar surface area (TPSA) is 55.7 Å². The van der Waals surface area contributed by atoms with E-state index in [1.807, 2.05) is 12.1 Å². The van der Waals surface area contributed by atoms with Gasteiger partial charge in [-0.1, -0.05) is 406 Å². The lowest BCUT2D eigenvalue weighted by Crippen LogP contribution is -2.02. The second-order valence-electron chi connectivity index (χ2n) is 34.4. The summed E-state index contributed by atoms with van der Waals surface area (Å²) < 4.78 is 0. The van der Waals surface area contributed by atoms with Crippen molar-refractivity contribution < 1.29 is 4.79 Å². The van der Waals surface area contributed by atoms with E-state index in [0.717, 1.165) is 138 Å². The fourth-order valence-electron chi connectivity index (χ4n) is 19.3. The molecule has 0 aliphatic heterocycles. The SMILES string of the molecule is O=C(c1cc(-c2cccc(-c3ccccc3)c2)cc(-c2cccc(-c3cc(-c4ccccc4)cc(-c4ccccc4)c3)c2)c1)c1ccc2c3ccccc3c3ccccc3c2c1.c1ccc(-c2cc(-c3ccccc3)cc(-c3cccc(-c4nc(-c5cccc(-c6cc(-c7ccccc7)cc(-c7ccccc7)c6)c5)nc(-c5ccc6c7ccccc7c7ccccc7c6c5)n4)c3)c2)cc1. The lowest BCUT2D eigenvalue weighted by atomic mass is 9.89. The molecular weight excluding hydrogens is 1620 g/mol. The van der Waals surface area contributed by atoms with Gasteiger partial charge in [0.25, 0.3) is 0 Å². The number of ketones is 1. The molecule has 134 heavy (non-hydrogen) atoms. The summed E-state index contributed by atoms with van der Waals surface area (Å²) in [5.74, 6) is 1.81. The molecule has 0 spiro atoms. The van der Waals surface area contributed by atoms with E-state index >= 15 is 0 Å². The van der Waals surface area contributed by atoms with Crippen molar-refractivity contribution in [2.75, 3.05) is 0 Å². The van der Waals surface area contributed by atoms with Gasteiger partial charge in [-0.3, -0.25) is 4.79 Å². The first kappa shape index (κ1) is 80.8. The van der Waals surface area contributed by atoms with Crippen LogP contribution in [0.2, 0.25) is 0 Å². The third-order valence-corrected chi connectivity index (χ3v) is 26.0. The molecule has 0 aliphatic rings. The Morgan fingerprint density at radius 2 is 0.284 bits per heavy atom. The van der Waals surface area contributed by atoms with Crippen LogP contribution in [-0.2, 0) is 0 Å². The Hall–Kier alpha value is -17.7. The summed E-state index contributed by atoms with van der Waals surface area (Å²) in [6, 6.07) is 183. The van der Waals surface area contributed by atoms with Crippen LogP contribution in [0.15, 0.2) is 516 Å². The minimum absolute atomic E-state index is 0.00864. The zero-order valence-corrected chi connectivity index (χ0v) is 73.3. The van der Waals surface area contributed by atoms with Crippen molar-refractivity contribution >= 4 is 70.4 Å². The quantitative estimate of drug-likeness (QED) is 0.0673. The lowest BCUT2D eigenvalue weighted by molar-refractivity contribution is 0.103. The van der Waals surface area contributed by atoms with Gasteiger partial charge in [0.1, 0.15) is 0 Å². The minimum Gasteiger partial charge on any atom is -0.289 e. The summed E-state index contributed by atoms with van der Waals surface area (Å²) in [4.78, 5) is 31.1. The maximum absolute atomic E-state index is 15.0. The van der Waals surface area contributed by atoms with Crippen molar-refractivity contribution in [3.63, 3.8) is 0 Å². The van der Waals surface area contributed by atoms with Crippen LogP contribution in [0.25, 0.3) is 232 Å². The van der Waals surface area contributed by atoms with Crippen molar-refractivity contribution in [3.8, 4) is 168 Å². The molecule has 0 unspecified atom stereocenters. The molecule has 23 aromatic carbocycles. The molecule has 0 radical (unpaired) electrons. The molecular formula is C130H85N3O. The Bertz CT molecular complexity index is 8160. The van der Waals surface area contributed by atoms with Crippen LogP contribution in [-0.4, -0.2) is 20.7 Å². The van der Waals surface area contributed by atoms with Crippen LogP contribution in [0, 0.1) is 0 Å². The first-order chi connectivity index (χ1) is 66.3. The van der Waals surface area contributed by atoms with Gasteiger partial charge in [0, 0.05) is 27.8 Å². The van der Waals surface area contributed by atoms with Gasteiger partial charge >= 0.3 is 0 Å². The summed E-state index contributed by atoms with van der Waals surface area (Å²) in [5, 5.41) is 14.2. The van der Waals surface area contributed by atoms with E-state index in [9.17, 15) is 4.79 Å². The van der Waals surface area contributed by atoms with E-state index < -0.39 is 0 Å². The van der Waals surface area contributed by atoms with Gasteiger partial charge in [-0.15, -0.1) is 0 Å². The first-order valence-corrected chi connectivity index (χ1v) is 45.7. The van der Waals surface area contributed by atoms with Gasteiger partial charge in [0.2, 0.25) is 0 Å². The molecule has 0 N–H and O–H groups in total.